The minimum absolute atomic E-state index is 0.105. The Bertz CT molecular complexity index is 353. The van der Waals surface area contributed by atoms with Crippen molar-refractivity contribution in [2.75, 3.05) is 19.0 Å². The van der Waals surface area contributed by atoms with Gasteiger partial charge >= 0.3 is 0 Å². The molecule has 5 nitrogen and oxygen atoms in total. The molecule has 0 unspecified atom stereocenters. The van der Waals surface area contributed by atoms with Crippen molar-refractivity contribution in [3.05, 3.63) is 12.4 Å². The van der Waals surface area contributed by atoms with Crippen molar-refractivity contribution in [1.29, 1.82) is 0 Å². The van der Waals surface area contributed by atoms with Crippen molar-refractivity contribution >= 4 is 5.82 Å². The molecule has 0 aromatic carbocycles. The molecule has 17 heavy (non-hydrogen) atoms. The van der Waals surface area contributed by atoms with Crippen molar-refractivity contribution in [3.8, 4) is 5.88 Å². The molecule has 96 valence electrons. The van der Waals surface area contributed by atoms with Crippen LogP contribution in [0.25, 0.3) is 0 Å². The first-order chi connectivity index (χ1) is 7.93. The molecule has 0 spiro atoms. The predicted octanol–water partition coefficient (Wildman–Crippen LogP) is 2.10. The van der Waals surface area contributed by atoms with Crippen molar-refractivity contribution in [2.24, 2.45) is 0 Å². The van der Waals surface area contributed by atoms with Crippen LogP contribution in [0.2, 0.25) is 0 Å². The number of methoxy groups -OCH3 is 1. The second kappa shape index (κ2) is 5.82. The number of nitrogens with zero attached hydrogens (tertiary/aromatic N) is 2. The normalized spacial score (nSPS) is 11.6. The van der Waals surface area contributed by atoms with Crippen LogP contribution in [0.4, 0.5) is 5.82 Å². The summed E-state index contributed by atoms with van der Waals surface area (Å²) < 4.78 is 10.8. The van der Waals surface area contributed by atoms with Crippen LogP contribution in [0.15, 0.2) is 12.4 Å². The maximum absolute atomic E-state index is 5.49. The number of aromatic nitrogens is 2. The average molecular weight is 239 g/mol. The lowest BCUT2D eigenvalue weighted by molar-refractivity contribution is 0.0343. The van der Waals surface area contributed by atoms with Gasteiger partial charge in [-0.15, -0.1) is 0 Å². The fourth-order valence-corrected chi connectivity index (χ4v) is 1.12. The average Bonchev–Trinajstić information content (AvgIpc) is 2.26. The van der Waals surface area contributed by atoms with Gasteiger partial charge in [0, 0.05) is 19.7 Å². The summed E-state index contributed by atoms with van der Waals surface area (Å²) in [5.74, 6) is 1.31. The van der Waals surface area contributed by atoms with Crippen molar-refractivity contribution in [1.82, 2.24) is 9.97 Å². The Morgan fingerprint density at radius 2 is 2.06 bits per heavy atom. The summed E-state index contributed by atoms with van der Waals surface area (Å²) in [5.41, 5.74) is -0.232. The lowest BCUT2D eigenvalue weighted by Crippen LogP contribution is -2.32. The van der Waals surface area contributed by atoms with Gasteiger partial charge in [-0.05, 0) is 27.7 Å². The van der Waals surface area contributed by atoms with Crippen LogP contribution < -0.4 is 10.1 Å². The van der Waals surface area contributed by atoms with Gasteiger partial charge in [-0.1, -0.05) is 0 Å². The topological polar surface area (TPSA) is 56.3 Å². The van der Waals surface area contributed by atoms with Crippen molar-refractivity contribution in [2.45, 2.75) is 39.4 Å². The van der Waals surface area contributed by atoms with E-state index in [9.17, 15) is 0 Å². The minimum atomic E-state index is -0.232. The first-order valence-corrected chi connectivity index (χ1v) is 5.70. The zero-order chi connectivity index (χ0) is 12.9. The van der Waals surface area contributed by atoms with Gasteiger partial charge in [-0.2, -0.15) is 0 Å². The van der Waals surface area contributed by atoms with Gasteiger partial charge in [0.15, 0.2) is 0 Å². The lowest BCUT2D eigenvalue weighted by atomic mass is 10.1. The highest BCUT2D eigenvalue weighted by atomic mass is 16.5. The Kier molecular flexibility index (Phi) is 4.69. The van der Waals surface area contributed by atoms with Crippen LogP contribution in [0.5, 0.6) is 5.88 Å². The molecule has 0 fully saturated rings. The standard InChI is InChI=1S/C12H21N3O2/c1-9(2)17-11-6-10(14-8-15-11)13-7-12(3,4)16-5/h6,8-9H,7H2,1-5H3,(H,13,14,15). The molecule has 0 amide bonds. The molecule has 1 heterocycles. The maximum atomic E-state index is 5.49. The van der Waals surface area contributed by atoms with E-state index in [0.717, 1.165) is 5.82 Å². The van der Waals surface area contributed by atoms with E-state index in [1.165, 1.54) is 6.33 Å². The molecule has 0 radical (unpaired) electrons. The van der Waals surface area contributed by atoms with Crippen LogP contribution in [-0.4, -0.2) is 35.3 Å². The van der Waals surface area contributed by atoms with Crippen molar-refractivity contribution < 1.29 is 9.47 Å². The molecule has 0 aliphatic rings. The Morgan fingerprint density at radius 1 is 1.35 bits per heavy atom. The van der Waals surface area contributed by atoms with Crippen molar-refractivity contribution in [3.63, 3.8) is 0 Å². The summed E-state index contributed by atoms with van der Waals surface area (Å²) >= 11 is 0. The van der Waals surface area contributed by atoms with E-state index in [4.69, 9.17) is 9.47 Å². The first kappa shape index (κ1) is 13.7. The SMILES string of the molecule is COC(C)(C)CNc1cc(OC(C)C)ncn1. The zero-order valence-electron chi connectivity index (χ0n) is 11.2. The highest BCUT2D eigenvalue weighted by Crippen LogP contribution is 2.14. The lowest BCUT2D eigenvalue weighted by Gasteiger charge is -2.23. The predicted molar refractivity (Wildman–Crippen MR) is 67.4 cm³/mol. The van der Waals surface area contributed by atoms with E-state index in [-0.39, 0.29) is 11.7 Å². The van der Waals surface area contributed by atoms with E-state index in [1.807, 2.05) is 27.7 Å². The fraction of sp³-hybridized carbons (Fsp3) is 0.667. The summed E-state index contributed by atoms with van der Waals surface area (Å²) in [5, 5.41) is 3.19. The Morgan fingerprint density at radius 3 is 2.65 bits per heavy atom. The molecule has 1 rings (SSSR count). The van der Waals surface area contributed by atoms with Crippen LogP contribution >= 0.6 is 0 Å². The van der Waals surface area contributed by atoms with Crippen LogP contribution in [0, 0.1) is 0 Å². The van der Waals surface area contributed by atoms with E-state index < -0.39 is 0 Å². The molecular formula is C12H21N3O2. The highest BCUT2D eigenvalue weighted by molar-refractivity contribution is 5.37. The molecule has 0 atom stereocenters. The molecule has 0 saturated carbocycles. The molecule has 0 saturated heterocycles. The third-order valence-electron chi connectivity index (χ3n) is 2.25. The van der Waals surface area contributed by atoms with Gasteiger partial charge in [0.2, 0.25) is 5.88 Å². The van der Waals surface area contributed by atoms with Crippen LogP contribution in [0.3, 0.4) is 0 Å². The number of hydrogen-bond donors (Lipinski definition) is 1. The Hall–Kier alpha value is -1.36. The summed E-state index contributed by atoms with van der Waals surface area (Å²) in [7, 11) is 1.69. The molecular weight excluding hydrogens is 218 g/mol. The van der Waals surface area contributed by atoms with Gasteiger partial charge in [-0.25, -0.2) is 9.97 Å². The number of hydrogen-bond acceptors (Lipinski definition) is 5. The van der Waals surface area contributed by atoms with Crippen LogP contribution in [0.1, 0.15) is 27.7 Å². The molecule has 1 N–H and O–H groups in total. The van der Waals surface area contributed by atoms with Gasteiger partial charge in [0.25, 0.3) is 0 Å². The van der Waals surface area contributed by atoms with E-state index in [2.05, 4.69) is 15.3 Å². The number of anilines is 1. The Balaban J connectivity index is 2.60. The van der Waals surface area contributed by atoms with Crippen LogP contribution in [-0.2, 0) is 4.74 Å². The fourth-order valence-electron chi connectivity index (χ4n) is 1.12. The first-order valence-electron chi connectivity index (χ1n) is 5.70. The molecule has 1 aromatic rings. The highest BCUT2D eigenvalue weighted by Gasteiger charge is 2.16. The van der Waals surface area contributed by atoms with Gasteiger partial charge in [0.1, 0.15) is 12.1 Å². The number of rotatable bonds is 6. The van der Waals surface area contributed by atoms with E-state index in [1.54, 1.807) is 13.2 Å². The smallest absolute Gasteiger partial charge is 0.218 e. The maximum Gasteiger partial charge on any atom is 0.218 e. The molecule has 0 aliphatic carbocycles. The summed E-state index contributed by atoms with van der Waals surface area (Å²) in [4.78, 5) is 8.17. The number of ether oxygens (including phenoxy) is 2. The molecule has 1 aromatic heterocycles. The minimum Gasteiger partial charge on any atom is -0.475 e. The third kappa shape index (κ3) is 4.99. The summed E-state index contributed by atoms with van der Waals surface area (Å²) in [6.07, 6.45) is 1.59. The quantitative estimate of drug-likeness (QED) is 0.824. The molecule has 5 heteroatoms. The second-order valence-electron chi connectivity index (χ2n) is 4.73. The Labute approximate surface area is 103 Å². The zero-order valence-corrected chi connectivity index (χ0v) is 11.2. The summed E-state index contributed by atoms with van der Waals surface area (Å²) in [6, 6.07) is 1.78. The largest absolute Gasteiger partial charge is 0.475 e. The van der Waals surface area contributed by atoms with Gasteiger partial charge < -0.3 is 14.8 Å². The monoisotopic (exact) mass is 239 g/mol. The number of nitrogens with one attached hydrogen (secondary N) is 1. The summed E-state index contributed by atoms with van der Waals surface area (Å²) in [6.45, 7) is 8.60. The van der Waals surface area contributed by atoms with Gasteiger partial charge in [0.05, 0.1) is 11.7 Å². The molecule has 0 bridgehead atoms. The van der Waals surface area contributed by atoms with E-state index >= 15 is 0 Å². The van der Waals surface area contributed by atoms with Gasteiger partial charge in [-0.3, -0.25) is 0 Å². The van der Waals surface area contributed by atoms with E-state index in [0.29, 0.717) is 12.4 Å². The third-order valence-corrected chi connectivity index (χ3v) is 2.25. The molecule has 0 aliphatic heterocycles. The second-order valence-corrected chi connectivity index (χ2v) is 4.73.